The molecule has 2 rings (SSSR count). The standard InChI is InChI=1S/C14H27N3O3S.ClH/c1-16(14(18)10-11-4-3-5-13(11)15)12-6-8-17(9-7-12)21(2,19)20;/h11-13H,3-10,15H2,1-2H3;1H/t11-,13+;/m0./s1. The van der Waals surface area contributed by atoms with E-state index in [9.17, 15) is 13.2 Å². The van der Waals surface area contributed by atoms with Gasteiger partial charge in [-0.3, -0.25) is 4.79 Å². The average Bonchev–Trinajstić information content (AvgIpc) is 2.82. The summed E-state index contributed by atoms with van der Waals surface area (Å²) >= 11 is 0. The van der Waals surface area contributed by atoms with Crippen LogP contribution >= 0.6 is 12.4 Å². The monoisotopic (exact) mass is 353 g/mol. The number of carbonyl (C=O) groups excluding carboxylic acids is 1. The number of halogens is 1. The molecular weight excluding hydrogens is 326 g/mol. The minimum absolute atomic E-state index is 0. The fourth-order valence-corrected chi connectivity index (χ4v) is 4.33. The topological polar surface area (TPSA) is 83.7 Å². The Hall–Kier alpha value is -0.370. The molecule has 1 heterocycles. The largest absolute Gasteiger partial charge is 0.343 e. The lowest BCUT2D eigenvalue weighted by atomic mass is 9.98. The van der Waals surface area contributed by atoms with E-state index in [2.05, 4.69) is 0 Å². The van der Waals surface area contributed by atoms with Crippen molar-refractivity contribution in [2.45, 2.75) is 50.6 Å². The maximum atomic E-state index is 12.4. The Bertz CT molecular complexity index is 478. The van der Waals surface area contributed by atoms with Gasteiger partial charge in [0.15, 0.2) is 0 Å². The Balaban J connectivity index is 0.00000242. The maximum absolute atomic E-state index is 12.4. The summed E-state index contributed by atoms with van der Waals surface area (Å²) in [6.07, 6.45) is 6.39. The van der Waals surface area contributed by atoms with E-state index in [0.717, 1.165) is 19.3 Å². The van der Waals surface area contributed by atoms with Crippen LogP contribution in [0.4, 0.5) is 0 Å². The number of nitrogens with two attached hydrogens (primary N) is 1. The van der Waals surface area contributed by atoms with Crippen LogP contribution in [0.1, 0.15) is 38.5 Å². The lowest BCUT2D eigenvalue weighted by molar-refractivity contribution is -0.133. The first-order valence-electron chi connectivity index (χ1n) is 7.75. The van der Waals surface area contributed by atoms with Gasteiger partial charge in [-0.05, 0) is 31.6 Å². The average molecular weight is 354 g/mol. The minimum Gasteiger partial charge on any atom is -0.343 e. The molecule has 1 aliphatic carbocycles. The van der Waals surface area contributed by atoms with Gasteiger partial charge in [-0.1, -0.05) is 6.42 Å². The van der Waals surface area contributed by atoms with Crippen LogP contribution in [0.3, 0.4) is 0 Å². The van der Waals surface area contributed by atoms with Crippen LogP contribution in [-0.2, 0) is 14.8 Å². The number of hydrogen-bond donors (Lipinski definition) is 1. The molecule has 0 aromatic heterocycles. The number of piperidine rings is 1. The van der Waals surface area contributed by atoms with Crippen molar-refractivity contribution < 1.29 is 13.2 Å². The molecule has 6 nitrogen and oxygen atoms in total. The quantitative estimate of drug-likeness (QED) is 0.810. The van der Waals surface area contributed by atoms with E-state index >= 15 is 0 Å². The molecular formula is C14H28ClN3O3S. The molecule has 2 N–H and O–H groups in total. The van der Waals surface area contributed by atoms with Crippen LogP contribution in [-0.4, -0.2) is 62.0 Å². The summed E-state index contributed by atoms with van der Waals surface area (Å²) in [6.45, 7) is 1.01. The van der Waals surface area contributed by atoms with Gasteiger partial charge < -0.3 is 10.6 Å². The van der Waals surface area contributed by atoms with E-state index in [1.54, 1.807) is 0 Å². The predicted molar refractivity (Wildman–Crippen MR) is 89.4 cm³/mol. The zero-order valence-corrected chi connectivity index (χ0v) is 15.0. The third-order valence-corrected chi connectivity index (χ3v) is 6.29. The summed E-state index contributed by atoms with van der Waals surface area (Å²) < 4.78 is 24.5. The molecule has 0 aromatic carbocycles. The zero-order chi connectivity index (χ0) is 15.6. The smallest absolute Gasteiger partial charge is 0.222 e. The van der Waals surface area contributed by atoms with E-state index in [1.807, 2.05) is 11.9 Å². The van der Waals surface area contributed by atoms with Crippen LogP contribution in [0.25, 0.3) is 0 Å². The Morgan fingerprint density at radius 2 is 1.82 bits per heavy atom. The van der Waals surface area contributed by atoms with Gasteiger partial charge in [0.1, 0.15) is 0 Å². The van der Waals surface area contributed by atoms with E-state index in [4.69, 9.17) is 5.73 Å². The number of rotatable bonds is 4. The fourth-order valence-electron chi connectivity index (χ4n) is 3.45. The molecule has 1 saturated heterocycles. The van der Waals surface area contributed by atoms with Gasteiger partial charge in [-0.25, -0.2) is 12.7 Å². The highest BCUT2D eigenvalue weighted by atomic mass is 35.5. The SMILES string of the molecule is CN(C(=O)C[C@@H]1CCC[C@H]1N)C1CCN(S(C)(=O)=O)CC1.Cl. The molecule has 0 spiro atoms. The maximum Gasteiger partial charge on any atom is 0.222 e. The number of sulfonamides is 1. The summed E-state index contributed by atoms with van der Waals surface area (Å²) in [6, 6.07) is 0.308. The van der Waals surface area contributed by atoms with Crippen molar-refractivity contribution in [1.29, 1.82) is 0 Å². The van der Waals surface area contributed by atoms with Gasteiger partial charge in [-0.2, -0.15) is 0 Å². The normalized spacial score (nSPS) is 27.4. The first kappa shape index (κ1) is 19.7. The molecule has 0 unspecified atom stereocenters. The summed E-state index contributed by atoms with van der Waals surface area (Å²) in [4.78, 5) is 14.2. The van der Waals surface area contributed by atoms with Gasteiger partial charge in [0, 0.05) is 38.6 Å². The van der Waals surface area contributed by atoms with Gasteiger partial charge in [0.2, 0.25) is 15.9 Å². The molecule has 0 aromatic rings. The molecule has 1 saturated carbocycles. The molecule has 1 aliphatic heterocycles. The van der Waals surface area contributed by atoms with Crippen molar-refractivity contribution >= 4 is 28.3 Å². The second-order valence-electron chi connectivity index (χ2n) is 6.46. The lowest BCUT2D eigenvalue weighted by Crippen LogP contribution is -2.47. The highest BCUT2D eigenvalue weighted by molar-refractivity contribution is 7.88. The molecule has 2 atom stereocenters. The van der Waals surface area contributed by atoms with Crippen LogP contribution in [0.15, 0.2) is 0 Å². The van der Waals surface area contributed by atoms with Crippen molar-refractivity contribution in [2.75, 3.05) is 26.4 Å². The van der Waals surface area contributed by atoms with Gasteiger partial charge >= 0.3 is 0 Å². The van der Waals surface area contributed by atoms with Crippen LogP contribution in [0.2, 0.25) is 0 Å². The highest BCUT2D eigenvalue weighted by Crippen LogP contribution is 2.28. The highest BCUT2D eigenvalue weighted by Gasteiger charge is 2.31. The lowest BCUT2D eigenvalue weighted by Gasteiger charge is -2.36. The van der Waals surface area contributed by atoms with Gasteiger partial charge in [0.05, 0.1) is 6.26 Å². The first-order valence-corrected chi connectivity index (χ1v) is 9.60. The molecule has 2 aliphatic rings. The second kappa shape index (κ2) is 7.95. The molecule has 22 heavy (non-hydrogen) atoms. The summed E-state index contributed by atoms with van der Waals surface area (Å²) in [5.74, 6) is 0.464. The molecule has 8 heteroatoms. The van der Waals surface area contributed by atoms with Crippen molar-refractivity contribution in [1.82, 2.24) is 9.21 Å². The van der Waals surface area contributed by atoms with E-state index < -0.39 is 10.0 Å². The van der Waals surface area contributed by atoms with Crippen molar-refractivity contribution in [3.05, 3.63) is 0 Å². The minimum atomic E-state index is -3.11. The third-order valence-electron chi connectivity index (χ3n) is 4.99. The number of carbonyl (C=O) groups is 1. The number of amides is 1. The molecule has 2 fully saturated rings. The number of nitrogens with zero attached hydrogens (tertiary/aromatic N) is 2. The summed E-state index contributed by atoms with van der Waals surface area (Å²) in [7, 11) is -1.27. The zero-order valence-electron chi connectivity index (χ0n) is 13.4. The number of hydrogen-bond acceptors (Lipinski definition) is 4. The third kappa shape index (κ3) is 4.81. The van der Waals surface area contributed by atoms with Crippen LogP contribution in [0, 0.1) is 5.92 Å². The van der Waals surface area contributed by atoms with Gasteiger partial charge in [0.25, 0.3) is 0 Å². The van der Waals surface area contributed by atoms with Crippen molar-refractivity contribution in [3.63, 3.8) is 0 Å². The van der Waals surface area contributed by atoms with Gasteiger partial charge in [-0.15, -0.1) is 12.4 Å². The van der Waals surface area contributed by atoms with Crippen LogP contribution in [0.5, 0.6) is 0 Å². The summed E-state index contributed by atoms with van der Waals surface area (Å²) in [5, 5.41) is 0. The Morgan fingerprint density at radius 1 is 1.23 bits per heavy atom. The Labute approximate surface area is 139 Å². The van der Waals surface area contributed by atoms with Crippen molar-refractivity contribution in [2.24, 2.45) is 11.7 Å². The summed E-state index contributed by atoms with van der Waals surface area (Å²) in [5.41, 5.74) is 6.03. The first-order chi connectivity index (χ1) is 9.79. The Kier molecular flexibility index (Phi) is 7.11. The van der Waals surface area contributed by atoms with E-state index in [0.29, 0.717) is 38.3 Å². The molecule has 1 amide bonds. The van der Waals surface area contributed by atoms with Crippen LogP contribution < -0.4 is 5.73 Å². The second-order valence-corrected chi connectivity index (χ2v) is 8.44. The molecule has 0 radical (unpaired) electrons. The molecule has 130 valence electrons. The van der Waals surface area contributed by atoms with Crippen molar-refractivity contribution in [3.8, 4) is 0 Å². The fraction of sp³-hybridized carbons (Fsp3) is 0.929. The van der Waals surface area contributed by atoms with E-state index in [1.165, 1.54) is 10.6 Å². The van der Waals surface area contributed by atoms with E-state index in [-0.39, 0.29) is 30.4 Å². The predicted octanol–water partition coefficient (Wildman–Crippen LogP) is 0.808. The Morgan fingerprint density at radius 3 is 2.27 bits per heavy atom. The molecule has 0 bridgehead atoms.